The molecule has 33 heavy (non-hydrogen) atoms. The highest BCUT2D eigenvalue weighted by Crippen LogP contribution is 2.25. The van der Waals surface area contributed by atoms with Crippen LogP contribution in [0.1, 0.15) is 66.7 Å². The second-order valence-electron chi connectivity index (χ2n) is 6.65. The molecule has 0 aliphatic heterocycles. The molecule has 0 spiro atoms. The normalized spacial score (nSPS) is 12.3. The van der Waals surface area contributed by atoms with Gasteiger partial charge in [0, 0.05) is 60.3 Å². The zero-order valence-corrected chi connectivity index (χ0v) is 20.2. The van der Waals surface area contributed by atoms with Crippen molar-refractivity contribution in [2.45, 2.75) is 72.8 Å². The molecule has 1 rings (SSSR count). The van der Waals surface area contributed by atoms with Crippen molar-refractivity contribution in [1.29, 1.82) is 0 Å². The lowest BCUT2D eigenvalue weighted by Crippen LogP contribution is -2.41. The summed E-state index contributed by atoms with van der Waals surface area (Å²) in [5.74, 6) is -3.42. The molecule has 1 fully saturated rings. The minimum atomic E-state index is -0.833. The zero-order valence-electron chi connectivity index (χ0n) is 20.2. The maximum atomic E-state index is 9.00. The number of aliphatic carboxylic acids is 5. The fraction of sp³-hybridized carbons (Fsp3) is 0.750. The van der Waals surface area contributed by atoms with Crippen molar-refractivity contribution in [3.8, 4) is 0 Å². The largest absolute Gasteiger partial charge is 0.481 e. The van der Waals surface area contributed by atoms with E-state index in [1.165, 1.54) is 32.1 Å². The van der Waals surface area contributed by atoms with Crippen LogP contribution in [-0.2, 0) is 24.0 Å². The number of nitrogens with one attached hydrogen (secondary N) is 1. The second-order valence-corrected chi connectivity index (χ2v) is 6.65. The Kier molecular flexibility index (Phi) is 38.6. The minimum absolute atomic E-state index is 0.340. The summed E-state index contributed by atoms with van der Waals surface area (Å²) in [5, 5.41) is 40.4. The molecular weight excluding hydrogens is 442 g/mol. The van der Waals surface area contributed by atoms with E-state index in [2.05, 4.69) is 5.32 Å². The monoisotopic (exact) mass is 485 g/mol. The smallest absolute Gasteiger partial charge is 0.300 e. The quantitative estimate of drug-likeness (QED) is 0.252. The van der Waals surface area contributed by atoms with E-state index in [0.717, 1.165) is 53.6 Å². The fourth-order valence-electron chi connectivity index (χ4n) is 2.10. The van der Waals surface area contributed by atoms with Crippen molar-refractivity contribution in [2.75, 3.05) is 19.6 Å². The van der Waals surface area contributed by atoms with Crippen LogP contribution in [0.25, 0.3) is 0 Å². The molecule has 10 N–H and O–H groups in total. The highest BCUT2D eigenvalue weighted by molar-refractivity contribution is 5.63. The van der Waals surface area contributed by atoms with Gasteiger partial charge in [0.2, 0.25) is 0 Å². The predicted octanol–water partition coefficient (Wildman–Crippen LogP) is 0.897. The maximum Gasteiger partial charge on any atom is 0.300 e. The van der Waals surface area contributed by atoms with Crippen molar-refractivity contribution >= 4 is 29.8 Å². The molecule has 0 aromatic carbocycles. The number of nitrogens with two attached hydrogens (primary N) is 2. The van der Waals surface area contributed by atoms with Crippen LogP contribution in [0, 0.1) is 5.92 Å². The summed E-state index contributed by atoms with van der Waals surface area (Å²) in [6.07, 6.45) is 6.79. The summed E-state index contributed by atoms with van der Waals surface area (Å²) in [7, 11) is 0. The molecule has 13 heteroatoms. The summed E-state index contributed by atoms with van der Waals surface area (Å²) in [6.45, 7) is 7.94. The molecule has 198 valence electrons. The van der Waals surface area contributed by atoms with E-state index in [-0.39, 0.29) is 0 Å². The standard InChI is InChI=1S/C10H23N3.5C2H4O2/c11-6-7-13-8-10(12)9-4-2-1-3-5-9;5*1-2(3)4/h9-10,13H,1-8,11-12H2;5*1H3,(H,3,4). The first kappa shape index (κ1) is 40.6. The highest BCUT2D eigenvalue weighted by Gasteiger charge is 2.19. The first-order valence-electron chi connectivity index (χ1n) is 10.1. The molecule has 1 aliphatic carbocycles. The predicted molar refractivity (Wildman–Crippen MR) is 123 cm³/mol. The summed E-state index contributed by atoms with van der Waals surface area (Å²) in [6, 6.07) is 0.340. The van der Waals surface area contributed by atoms with Crippen molar-refractivity contribution in [2.24, 2.45) is 17.4 Å². The molecule has 0 amide bonds. The van der Waals surface area contributed by atoms with Crippen molar-refractivity contribution in [1.82, 2.24) is 5.32 Å². The van der Waals surface area contributed by atoms with E-state index in [0.29, 0.717) is 12.6 Å². The summed E-state index contributed by atoms with van der Waals surface area (Å²) in [4.78, 5) is 45.0. The third-order valence-corrected chi connectivity index (χ3v) is 2.96. The topological polar surface area (TPSA) is 251 Å². The van der Waals surface area contributed by atoms with Crippen LogP contribution in [0.5, 0.6) is 0 Å². The minimum Gasteiger partial charge on any atom is -0.481 e. The summed E-state index contributed by atoms with van der Waals surface area (Å²) < 4.78 is 0. The van der Waals surface area contributed by atoms with Gasteiger partial charge in [0.15, 0.2) is 0 Å². The molecule has 0 saturated heterocycles. The van der Waals surface area contributed by atoms with E-state index >= 15 is 0 Å². The van der Waals surface area contributed by atoms with Gasteiger partial charge in [-0.1, -0.05) is 19.3 Å². The SMILES string of the molecule is CC(=O)O.CC(=O)O.CC(=O)O.CC(=O)O.CC(=O)O.NCCNCC(N)C1CCCCC1. The zero-order chi connectivity index (χ0) is 27.4. The number of rotatable bonds is 5. The highest BCUT2D eigenvalue weighted by atomic mass is 16.4. The van der Waals surface area contributed by atoms with Gasteiger partial charge in [0.05, 0.1) is 0 Å². The van der Waals surface area contributed by atoms with E-state index in [1.54, 1.807) is 0 Å². The average molecular weight is 486 g/mol. The molecule has 1 atom stereocenters. The molecule has 1 saturated carbocycles. The molecular formula is C20H43N3O10. The first-order chi connectivity index (χ1) is 15.0. The Balaban J connectivity index is -0.000000109. The van der Waals surface area contributed by atoms with Crippen LogP contribution in [0.3, 0.4) is 0 Å². The third-order valence-electron chi connectivity index (χ3n) is 2.96. The molecule has 13 nitrogen and oxygen atoms in total. The van der Waals surface area contributed by atoms with Crippen LogP contribution in [0.2, 0.25) is 0 Å². The van der Waals surface area contributed by atoms with Gasteiger partial charge < -0.3 is 42.3 Å². The van der Waals surface area contributed by atoms with Gasteiger partial charge in [-0.2, -0.15) is 0 Å². The summed E-state index contributed by atoms with van der Waals surface area (Å²) >= 11 is 0. The first-order valence-corrected chi connectivity index (χ1v) is 10.1. The number of carboxylic acids is 5. The number of carbonyl (C=O) groups is 5. The molecule has 0 heterocycles. The van der Waals surface area contributed by atoms with Gasteiger partial charge in [0.25, 0.3) is 29.8 Å². The number of hydrogen-bond acceptors (Lipinski definition) is 8. The molecule has 0 aromatic heterocycles. The van der Waals surface area contributed by atoms with Gasteiger partial charge in [-0.05, 0) is 18.8 Å². The lowest BCUT2D eigenvalue weighted by molar-refractivity contribution is -0.135. The fourth-order valence-corrected chi connectivity index (χ4v) is 2.10. The van der Waals surface area contributed by atoms with Gasteiger partial charge in [0.1, 0.15) is 0 Å². The van der Waals surface area contributed by atoms with Gasteiger partial charge >= 0.3 is 0 Å². The van der Waals surface area contributed by atoms with Crippen LogP contribution in [0.15, 0.2) is 0 Å². The van der Waals surface area contributed by atoms with Crippen LogP contribution in [-0.4, -0.2) is 81.1 Å². The second kappa shape index (κ2) is 31.4. The Labute approximate surface area is 195 Å². The molecule has 1 unspecified atom stereocenters. The third kappa shape index (κ3) is 107. The molecule has 0 radical (unpaired) electrons. The van der Waals surface area contributed by atoms with E-state index in [9.17, 15) is 0 Å². The Bertz CT molecular complexity index is 421. The van der Waals surface area contributed by atoms with Crippen molar-refractivity contribution in [3.05, 3.63) is 0 Å². The van der Waals surface area contributed by atoms with Crippen molar-refractivity contribution in [3.63, 3.8) is 0 Å². The number of hydrogen-bond donors (Lipinski definition) is 8. The average Bonchev–Trinajstić information content (AvgIpc) is 2.60. The van der Waals surface area contributed by atoms with Gasteiger partial charge in [-0.3, -0.25) is 24.0 Å². The van der Waals surface area contributed by atoms with Gasteiger partial charge in [-0.15, -0.1) is 0 Å². The Morgan fingerprint density at radius 3 is 1.24 bits per heavy atom. The Morgan fingerprint density at radius 2 is 1.00 bits per heavy atom. The Morgan fingerprint density at radius 1 is 0.727 bits per heavy atom. The Hall–Kier alpha value is -2.77. The molecule has 0 bridgehead atoms. The van der Waals surface area contributed by atoms with Crippen LogP contribution < -0.4 is 16.8 Å². The lowest BCUT2D eigenvalue weighted by Gasteiger charge is -2.27. The van der Waals surface area contributed by atoms with E-state index in [1.807, 2.05) is 0 Å². The van der Waals surface area contributed by atoms with Crippen LogP contribution >= 0.6 is 0 Å². The number of carboxylic acid groups (broad SMARTS) is 5. The van der Waals surface area contributed by atoms with E-state index in [4.69, 9.17) is 61.0 Å². The van der Waals surface area contributed by atoms with E-state index < -0.39 is 29.8 Å². The maximum absolute atomic E-state index is 9.00. The van der Waals surface area contributed by atoms with Gasteiger partial charge in [-0.25, -0.2) is 0 Å². The lowest BCUT2D eigenvalue weighted by atomic mass is 9.84. The molecule has 1 aliphatic rings. The van der Waals surface area contributed by atoms with Crippen molar-refractivity contribution < 1.29 is 49.5 Å². The summed E-state index contributed by atoms with van der Waals surface area (Å²) in [5.41, 5.74) is 11.5. The van der Waals surface area contributed by atoms with Crippen LogP contribution in [0.4, 0.5) is 0 Å². The molecule has 0 aromatic rings.